The lowest BCUT2D eigenvalue weighted by Gasteiger charge is -2.38. The normalized spacial score (nSPS) is 22.2. The van der Waals surface area contributed by atoms with Crippen LogP contribution in [0.5, 0.6) is 0 Å². The van der Waals surface area contributed by atoms with Crippen molar-refractivity contribution in [2.45, 2.75) is 51.2 Å². The fourth-order valence-corrected chi connectivity index (χ4v) is 5.48. The third kappa shape index (κ3) is 3.34. The molecular formula is C24H26Cl2N2O2. The fourth-order valence-electron chi connectivity index (χ4n) is 5.18. The first-order valence-electron chi connectivity index (χ1n) is 10.6. The number of fused-ring (bicyclic) bond motifs is 3. The smallest absolute Gasteiger partial charge is 0.410 e. The standard InChI is InChI=1S/C24H26Cl2N2O2/c1-24(2,3)30-23(29)27-8-7-21-18(13-27)17-11-16(10-15-6-9-28(21)22(15)17)14-4-5-19(25)20(26)12-14/h4-5,10-12,18,21H,6-9,13H2,1-3H3/t18-,21-/m1/s1. The van der Waals surface area contributed by atoms with E-state index in [0.717, 1.165) is 31.5 Å². The number of anilines is 1. The Labute approximate surface area is 187 Å². The molecule has 0 bridgehead atoms. The molecular weight excluding hydrogens is 419 g/mol. The van der Waals surface area contributed by atoms with Gasteiger partial charge in [-0.3, -0.25) is 0 Å². The molecule has 3 aliphatic rings. The summed E-state index contributed by atoms with van der Waals surface area (Å²) >= 11 is 12.4. The predicted octanol–water partition coefficient (Wildman–Crippen LogP) is 6.13. The van der Waals surface area contributed by atoms with Gasteiger partial charge in [-0.2, -0.15) is 0 Å². The van der Waals surface area contributed by atoms with Crippen LogP contribution in [0.4, 0.5) is 10.5 Å². The molecule has 30 heavy (non-hydrogen) atoms. The lowest BCUT2D eigenvalue weighted by atomic mass is 9.86. The maximum atomic E-state index is 12.7. The molecule has 2 atom stereocenters. The number of ether oxygens (including phenoxy) is 1. The minimum atomic E-state index is -0.479. The topological polar surface area (TPSA) is 32.8 Å². The number of carbonyl (C=O) groups is 1. The molecule has 6 heteroatoms. The van der Waals surface area contributed by atoms with Crippen molar-refractivity contribution in [3.63, 3.8) is 0 Å². The zero-order valence-electron chi connectivity index (χ0n) is 17.5. The highest BCUT2D eigenvalue weighted by Gasteiger charge is 2.46. The van der Waals surface area contributed by atoms with Gasteiger partial charge in [0.15, 0.2) is 0 Å². The van der Waals surface area contributed by atoms with E-state index in [-0.39, 0.29) is 6.09 Å². The number of carbonyl (C=O) groups excluding carboxylic acids is 1. The van der Waals surface area contributed by atoms with Gasteiger partial charge in [0.2, 0.25) is 0 Å². The predicted molar refractivity (Wildman–Crippen MR) is 122 cm³/mol. The van der Waals surface area contributed by atoms with Crippen molar-refractivity contribution in [1.82, 2.24) is 4.90 Å². The van der Waals surface area contributed by atoms with Gasteiger partial charge in [0.1, 0.15) is 5.60 Å². The summed E-state index contributed by atoms with van der Waals surface area (Å²) in [6.45, 7) is 8.25. The Hall–Kier alpha value is -1.91. The van der Waals surface area contributed by atoms with Crippen LogP contribution >= 0.6 is 23.2 Å². The molecule has 0 saturated carbocycles. The zero-order valence-corrected chi connectivity index (χ0v) is 19.1. The molecule has 1 saturated heterocycles. The number of benzene rings is 2. The number of piperidine rings is 1. The molecule has 3 heterocycles. The molecule has 3 aliphatic heterocycles. The second kappa shape index (κ2) is 7.06. The van der Waals surface area contributed by atoms with Crippen LogP contribution in [0.1, 0.15) is 44.2 Å². The van der Waals surface area contributed by atoms with Crippen LogP contribution < -0.4 is 4.90 Å². The first-order chi connectivity index (χ1) is 14.2. The van der Waals surface area contributed by atoms with Crippen molar-refractivity contribution in [2.24, 2.45) is 0 Å². The molecule has 0 radical (unpaired) electrons. The third-order valence-corrected chi connectivity index (χ3v) is 7.15. The van der Waals surface area contributed by atoms with Crippen LogP contribution in [0.3, 0.4) is 0 Å². The number of rotatable bonds is 1. The number of hydrogen-bond donors (Lipinski definition) is 0. The Morgan fingerprint density at radius 3 is 2.60 bits per heavy atom. The van der Waals surface area contributed by atoms with E-state index in [1.807, 2.05) is 43.9 Å². The fraction of sp³-hybridized carbons (Fsp3) is 0.458. The zero-order chi connectivity index (χ0) is 21.2. The highest BCUT2D eigenvalue weighted by atomic mass is 35.5. The molecule has 158 valence electrons. The van der Waals surface area contributed by atoms with Crippen LogP contribution in [-0.2, 0) is 11.2 Å². The summed E-state index contributed by atoms with van der Waals surface area (Å²) in [6, 6.07) is 10.9. The van der Waals surface area contributed by atoms with Crippen molar-refractivity contribution in [3.05, 3.63) is 51.5 Å². The minimum Gasteiger partial charge on any atom is -0.444 e. The second-order valence-electron chi connectivity index (χ2n) is 9.53. The molecule has 5 rings (SSSR count). The van der Waals surface area contributed by atoms with E-state index in [1.165, 1.54) is 22.4 Å². The van der Waals surface area contributed by atoms with Gasteiger partial charge in [-0.25, -0.2) is 4.79 Å². The summed E-state index contributed by atoms with van der Waals surface area (Å²) in [7, 11) is 0. The van der Waals surface area contributed by atoms with Crippen LogP contribution in [0.25, 0.3) is 11.1 Å². The van der Waals surface area contributed by atoms with Gasteiger partial charge in [0, 0.05) is 37.3 Å². The summed E-state index contributed by atoms with van der Waals surface area (Å²) in [5, 5.41) is 1.14. The van der Waals surface area contributed by atoms with Crippen molar-refractivity contribution in [2.75, 3.05) is 24.5 Å². The van der Waals surface area contributed by atoms with E-state index in [0.29, 0.717) is 28.5 Å². The molecule has 2 aromatic carbocycles. The van der Waals surface area contributed by atoms with Crippen molar-refractivity contribution in [3.8, 4) is 11.1 Å². The third-order valence-electron chi connectivity index (χ3n) is 6.41. The molecule has 2 aromatic rings. The Morgan fingerprint density at radius 1 is 1.07 bits per heavy atom. The highest BCUT2D eigenvalue weighted by Crippen LogP contribution is 2.51. The lowest BCUT2D eigenvalue weighted by Crippen LogP contribution is -2.49. The number of hydrogen-bond acceptors (Lipinski definition) is 3. The molecule has 0 aliphatic carbocycles. The second-order valence-corrected chi connectivity index (χ2v) is 10.3. The van der Waals surface area contributed by atoms with E-state index in [4.69, 9.17) is 27.9 Å². The molecule has 4 nitrogen and oxygen atoms in total. The van der Waals surface area contributed by atoms with E-state index in [9.17, 15) is 4.79 Å². The average Bonchev–Trinajstić information content (AvgIpc) is 3.24. The largest absolute Gasteiger partial charge is 0.444 e. The van der Waals surface area contributed by atoms with E-state index >= 15 is 0 Å². The average molecular weight is 445 g/mol. The lowest BCUT2D eigenvalue weighted by molar-refractivity contribution is 0.0189. The van der Waals surface area contributed by atoms with Gasteiger partial charge in [-0.1, -0.05) is 29.3 Å². The van der Waals surface area contributed by atoms with Crippen LogP contribution in [-0.4, -0.2) is 42.3 Å². The van der Waals surface area contributed by atoms with E-state index in [1.54, 1.807) is 0 Å². The molecule has 0 aromatic heterocycles. The van der Waals surface area contributed by atoms with Crippen molar-refractivity contribution in [1.29, 1.82) is 0 Å². The number of halogens is 2. The van der Waals surface area contributed by atoms with E-state index < -0.39 is 5.60 Å². The van der Waals surface area contributed by atoms with Gasteiger partial charge in [-0.15, -0.1) is 0 Å². The first kappa shape index (κ1) is 20.0. The maximum absolute atomic E-state index is 12.7. The van der Waals surface area contributed by atoms with Crippen molar-refractivity contribution < 1.29 is 9.53 Å². The van der Waals surface area contributed by atoms with Gasteiger partial charge in [-0.05, 0) is 80.1 Å². The summed E-state index contributed by atoms with van der Waals surface area (Å²) in [5.74, 6) is 0.308. The Morgan fingerprint density at radius 2 is 1.87 bits per heavy atom. The summed E-state index contributed by atoms with van der Waals surface area (Å²) in [4.78, 5) is 17.1. The maximum Gasteiger partial charge on any atom is 0.410 e. The number of amides is 1. The Kier molecular flexibility index (Phi) is 4.71. The Balaban J connectivity index is 1.49. The Bertz CT molecular complexity index is 1030. The molecule has 0 N–H and O–H groups in total. The van der Waals surface area contributed by atoms with Gasteiger partial charge in [0.05, 0.1) is 10.0 Å². The van der Waals surface area contributed by atoms with Gasteiger partial charge >= 0.3 is 6.09 Å². The molecule has 1 fully saturated rings. The first-order valence-corrected chi connectivity index (χ1v) is 11.3. The summed E-state index contributed by atoms with van der Waals surface area (Å²) < 4.78 is 5.64. The quantitative estimate of drug-likeness (QED) is 0.530. The number of nitrogens with zero attached hydrogens (tertiary/aromatic N) is 2. The van der Waals surface area contributed by atoms with Crippen LogP contribution in [0.2, 0.25) is 10.0 Å². The molecule has 1 amide bonds. The highest BCUT2D eigenvalue weighted by molar-refractivity contribution is 6.42. The minimum absolute atomic E-state index is 0.209. The SMILES string of the molecule is CC(C)(C)OC(=O)N1CC[C@@H]2[C@H](C1)c1cc(-c3ccc(Cl)c(Cl)c3)cc3c1N2CC3. The van der Waals surface area contributed by atoms with Crippen molar-refractivity contribution >= 4 is 35.0 Å². The van der Waals surface area contributed by atoms with E-state index in [2.05, 4.69) is 17.0 Å². The number of likely N-dealkylation sites (tertiary alicyclic amines) is 1. The monoisotopic (exact) mass is 444 g/mol. The van der Waals surface area contributed by atoms with Crippen LogP contribution in [0.15, 0.2) is 30.3 Å². The molecule has 0 spiro atoms. The summed E-state index contributed by atoms with van der Waals surface area (Å²) in [6.07, 6.45) is 1.83. The van der Waals surface area contributed by atoms with Gasteiger partial charge in [0.25, 0.3) is 0 Å². The summed E-state index contributed by atoms with van der Waals surface area (Å²) in [5.41, 5.74) is 5.90. The molecule has 0 unspecified atom stereocenters. The van der Waals surface area contributed by atoms with Crippen LogP contribution in [0, 0.1) is 0 Å². The van der Waals surface area contributed by atoms with Gasteiger partial charge < -0.3 is 14.5 Å².